The van der Waals surface area contributed by atoms with Crippen LogP contribution < -0.4 is 0 Å². The third kappa shape index (κ3) is 3.11. The summed E-state index contributed by atoms with van der Waals surface area (Å²) in [7, 11) is 2.25. The molecule has 0 amide bonds. The summed E-state index contributed by atoms with van der Waals surface area (Å²) in [6.07, 6.45) is 8.34. The highest BCUT2D eigenvalue weighted by Gasteiger charge is 2.45. The zero-order valence-electron chi connectivity index (χ0n) is 13.3. The van der Waals surface area contributed by atoms with Gasteiger partial charge in [-0.05, 0) is 62.8 Å². The molecule has 0 spiro atoms. The molecule has 4 atom stereocenters. The molecule has 3 aliphatic rings. The fraction of sp³-hybridized carbons (Fsp3) is 0.611. The number of nitrogens with zero attached hydrogens (tertiary/aromatic N) is 2. The highest BCUT2D eigenvalue weighted by Crippen LogP contribution is 2.46. The average Bonchev–Trinajstić information content (AvgIpc) is 3.31. The van der Waals surface area contributed by atoms with Crippen LogP contribution in [0.3, 0.4) is 0 Å². The molecule has 5 heteroatoms. The molecule has 2 saturated heterocycles. The van der Waals surface area contributed by atoms with E-state index in [1.165, 1.54) is 18.4 Å². The Morgan fingerprint density at radius 1 is 1.17 bits per heavy atom. The Balaban J connectivity index is 1.61. The van der Waals surface area contributed by atoms with Crippen molar-refractivity contribution in [1.29, 1.82) is 0 Å². The Kier molecular flexibility index (Phi) is 4.29. The number of oxime groups is 1. The molecule has 3 nitrogen and oxygen atoms in total. The Morgan fingerprint density at radius 3 is 2.74 bits per heavy atom. The SMILES string of the molecule is CN1C2CC[C@@H]1[C@H](C=NOC1CC1)[C@@H](c1ccc(Cl)c(Cl)c1)C2. The van der Waals surface area contributed by atoms with Crippen molar-refractivity contribution < 1.29 is 4.84 Å². The van der Waals surface area contributed by atoms with Gasteiger partial charge in [-0.1, -0.05) is 34.4 Å². The van der Waals surface area contributed by atoms with Crippen LogP contribution in [0.15, 0.2) is 23.4 Å². The highest BCUT2D eigenvalue weighted by molar-refractivity contribution is 6.42. The quantitative estimate of drug-likeness (QED) is 0.578. The molecular weight excluding hydrogens is 331 g/mol. The summed E-state index contributed by atoms with van der Waals surface area (Å²) in [6.45, 7) is 0. The largest absolute Gasteiger partial charge is 0.393 e. The van der Waals surface area contributed by atoms with Gasteiger partial charge in [-0.2, -0.15) is 0 Å². The van der Waals surface area contributed by atoms with Crippen molar-refractivity contribution in [3.05, 3.63) is 33.8 Å². The highest BCUT2D eigenvalue weighted by atomic mass is 35.5. The number of piperidine rings is 1. The molecule has 0 radical (unpaired) electrons. The average molecular weight is 353 g/mol. The summed E-state index contributed by atoms with van der Waals surface area (Å²) in [5, 5.41) is 5.57. The Hall–Kier alpha value is -0.770. The fourth-order valence-corrected chi connectivity index (χ4v) is 4.48. The molecule has 1 saturated carbocycles. The van der Waals surface area contributed by atoms with E-state index in [0.717, 1.165) is 19.3 Å². The normalized spacial score (nSPS) is 34.2. The predicted molar refractivity (Wildman–Crippen MR) is 94.5 cm³/mol. The van der Waals surface area contributed by atoms with Gasteiger partial charge in [-0.15, -0.1) is 0 Å². The van der Waals surface area contributed by atoms with Crippen LogP contribution in [0.4, 0.5) is 0 Å². The molecule has 2 aliphatic heterocycles. The van der Waals surface area contributed by atoms with Crippen molar-refractivity contribution in [3.63, 3.8) is 0 Å². The van der Waals surface area contributed by atoms with E-state index in [-0.39, 0.29) is 0 Å². The van der Waals surface area contributed by atoms with Gasteiger partial charge in [-0.25, -0.2) is 0 Å². The van der Waals surface area contributed by atoms with Gasteiger partial charge >= 0.3 is 0 Å². The van der Waals surface area contributed by atoms with Gasteiger partial charge < -0.3 is 4.84 Å². The lowest BCUT2D eigenvalue weighted by Gasteiger charge is -2.41. The lowest BCUT2D eigenvalue weighted by molar-refractivity contribution is 0.115. The minimum Gasteiger partial charge on any atom is -0.393 e. The van der Waals surface area contributed by atoms with Gasteiger partial charge in [0.15, 0.2) is 0 Å². The van der Waals surface area contributed by atoms with Crippen LogP contribution in [0.2, 0.25) is 10.0 Å². The van der Waals surface area contributed by atoms with E-state index < -0.39 is 0 Å². The van der Waals surface area contributed by atoms with Crippen molar-refractivity contribution in [1.82, 2.24) is 4.90 Å². The van der Waals surface area contributed by atoms with Crippen LogP contribution in [0.25, 0.3) is 0 Å². The van der Waals surface area contributed by atoms with Crippen LogP contribution in [0.5, 0.6) is 0 Å². The maximum absolute atomic E-state index is 6.25. The van der Waals surface area contributed by atoms with E-state index in [1.54, 1.807) is 0 Å². The zero-order valence-corrected chi connectivity index (χ0v) is 14.8. The fourth-order valence-electron chi connectivity index (χ4n) is 4.18. The molecule has 4 rings (SSSR count). The number of hydrogen-bond acceptors (Lipinski definition) is 3. The molecule has 2 heterocycles. The Labute approximate surface area is 147 Å². The van der Waals surface area contributed by atoms with Gasteiger partial charge in [0.1, 0.15) is 6.10 Å². The van der Waals surface area contributed by atoms with Crippen molar-refractivity contribution in [3.8, 4) is 0 Å². The smallest absolute Gasteiger partial charge is 0.127 e. The molecule has 1 aliphatic carbocycles. The lowest BCUT2D eigenvalue weighted by Crippen LogP contribution is -2.46. The molecular formula is C18H22Cl2N2O. The summed E-state index contributed by atoms with van der Waals surface area (Å²) >= 11 is 12.3. The lowest BCUT2D eigenvalue weighted by atomic mass is 9.77. The zero-order chi connectivity index (χ0) is 16.0. The monoisotopic (exact) mass is 352 g/mol. The first-order valence-electron chi connectivity index (χ1n) is 8.49. The summed E-state index contributed by atoms with van der Waals surface area (Å²) in [5.41, 5.74) is 1.27. The van der Waals surface area contributed by atoms with Crippen LogP contribution >= 0.6 is 23.2 Å². The summed E-state index contributed by atoms with van der Waals surface area (Å²) in [6, 6.07) is 7.26. The summed E-state index contributed by atoms with van der Waals surface area (Å²) < 4.78 is 0. The number of hydrogen-bond donors (Lipinski definition) is 0. The van der Waals surface area contributed by atoms with E-state index in [9.17, 15) is 0 Å². The third-order valence-electron chi connectivity index (χ3n) is 5.67. The molecule has 1 unspecified atom stereocenters. The summed E-state index contributed by atoms with van der Waals surface area (Å²) in [4.78, 5) is 8.06. The van der Waals surface area contributed by atoms with Crippen molar-refractivity contribution in [2.75, 3.05) is 7.05 Å². The van der Waals surface area contributed by atoms with E-state index in [0.29, 0.717) is 40.1 Å². The predicted octanol–water partition coefficient (Wildman–Crippen LogP) is 4.72. The molecule has 1 aromatic carbocycles. The van der Waals surface area contributed by atoms with Crippen LogP contribution in [-0.4, -0.2) is 36.3 Å². The minimum absolute atomic E-state index is 0.354. The second-order valence-electron chi connectivity index (χ2n) is 7.12. The van der Waals surface area contributed by atoms with Gasteiger partial charge in [0, 0.05) is 24.2 Å². The van der Waals surface area contributed by atoms with Crippen LogP contribution in [0, 0.1) is 5.92 Å². The van der Waals surface area contributed by atoms with Gasteiger partial charge in [0.2, 0.25) is 0 Å². The number of halogens is 2. The standard InChI is InChI=1S/C18H22Cl2N2O/c1-22-12-3-7-18(22)15(10-21-23-13-4-5-13)14(9-12)11-2-6-16(19)17(20)8-11/h2,6,8,10,12-15,18H,3-5,7,9H2,1H3/t12?,14-,15-,18-/m1/s1. The van der Waals surface area contributed by atoms with Crippen molar-refractivity contribution in [2.24, 2.45) is 11.1 Å². The van der Waals surface area contributed by atoms with E-state index in [2.05, 4.69) is 23.2 Å². The Bertz CT molecular complexity index is 617. The molecule has 0 N–H and O–H groups in total. The topological polar surface area (TPSA) is 24.8 Å². The first kappa shape index (κ1) is 15.7. The molecule has 124 valence electrons. The van der Waals surface area contributed by atoms with Gasteiger partial charge in [0.25, 0.3) is 0 Å². The maximum atomic E-state index is 6.25. The summed E-state index contributed by atoms with van der Waals surface area (Å²) in [5.74, 6) is 0.805. The number of fused-ring (bicyclic) bond motifs is 2. The van der Waals surface area contributed by atoms with Crippen molar-refractivity contribution >= 4 is 29.4 Å². The molecule has 23 heavy (non-hydrogen) atoms. The molecule has 0 aromatic heterocycles. The second kappa shape index (κ2) is 6.27. The second-order valence-corrected chi connectivity index (χ2v) is 7.93. The maximum Gasteiger partial charge on any atom is 0.127 e. The Morgan fingerprint density at radius 2 is 2.00 bits per heavy atom. The third-order valence-corrected chi connectivity index (χ3v) is 6.41. The van der Waals surface area contributed by atoms with E-state index in [4.69, 9.17) is 28.0 Å². The van der Waals surface area contributed by atoms with E-state index in [1.807, 2.05) is 18.3 Å². The molecule has 2 bridgehead atoms. The van der Waals surface area contributed by atoms with Crippen LogP contribution in [-0.2, 0) is 4.84 Å². The van der Waals surface area contributed by atoms with Crippen molar-refractivity contribution in [2.45, 2.75) is 56.2 Å². The number of rotatable bonds is 4. The minimum atomic E-state index is 0.354. The number of benzene rings is 1. The van der Waals surface area contributed by atoms with Gasteiger partial charge in [-0.3, -0.25) is 4.90 Å². The first-order valence-corrected chi connectivity index (χ1v) is 9.25. The first-order chi connectivity index (χ1) is 11.1. The van der Waals surface area contributed by atoms with Crippen LogP contribution in [0.1, 0.15) is 43.6 Å². The molecule has 3 fully saturated rings. The van der Waals surface area contributed by atoms with E-state index >= 15 is 0 Å². The van der Waals surface area contributed by atoms with Gasteiger partial charge in [0.05, 0.1) is 10.0 Å². The molecule has 1 aromatic rings.